The average Bonchev–Trinajstić information content (AvgIpc) is 2.44. The third kappa shape index (κ3) is 2.32. The number of nitrogens with zero attached hydrogens (tertiary/aromatic N) is 1. The molecule has 0 aliphatic heterocycles. The number of rotatable bonds is 3. The molecule has 1 aliphatic carbocycles. The SMILES string of the molecule is CCCNc1c2c(nc3ccc(C)cc13)CCCC2. The maximum atomic E-state index is 4.89. The van der Waals surface area contributed by atoms with Gasteiger partial charge in [-0.25, -0.2) is 0 Å². The quantitative estimate of drug-likeness (QED) is 0.886. The van der Waals surface area contributed by atoms with E-state index in [0.29, 0.717) is 0 Å². The van der Waals surface area contributed by atoms with Crippen molar-refractivity contribution in [1.82, 2.24) is 4.98 Å². The Labute approximate surface area is 115 Å². The molecule has 0 saturated heterocycles. The minimum absolute atomic E-state index is 1.04. The maximum Gasteiger partial charge on any atom is 0.0726 e. The molecule has 0 unspecified atom stereocenters. The Hall–Kier alpha value is -1.57. The van der Waals surface area contributed by atoms with E-state index in [1.54, 1.807) is 0 Å². The molecule has 1 heterocycles. The second kappa shape index (κ2) is 5.20. The molecule has 1 aliphatic rings. The molecule has 2 nitrogen and oxygen atoms in total. The van der Waals surface area contributed by atoms with E-state index in [9.17, 15) is 0 Å². The number of nitrogens with one attached hydrogen (secondary N) is 1. The van der Waals surface area contributed by atoms with Crippen molar-refractivity contribution in [2.45, 2.75) is 46.0 Å². The molecule has 0 atom stereocenters. The highest BCUT2D eigenvalue weighted by Crippen LogP contribution is 2.33. The van der Waals surface area contributed by atoms with Crippen LogP contribution in [0.3, 0.4) is 0 Å². The van der Waals surface area contributed by atoms with Crippen molar-refractivity contribution in [3.8, 4) is 0 Å². The number of aryl methyl sites for hydroxylation is 2. The van der Waals surface area contributed by atoms with E-state index in [4.69, 9.17) is 4.98 Å². The molecule has 19 heavy (non-hydrogen) atoms. The third-order valence-corrected chi connectivity index (χ3v) is 3.97. The van der Waals surface area contributed by atoms with Crippen molar-refractivity contribution >= 4 is 16.6 Å². The first kappa shape index (κ1) is 12.5. The number of benzene rings is 1. The first-order chi connectivity index (χ1) is 9.29. The van der Waals surface area contributed by atoms with Crippen molar-refractivity contribution in [3.05, 3.63) is 35.0 Å². The third-order valence-electron chi connectivity index (χ3n) is 3.97. The molecule has 1 N–H and O–H groups in total. The fourth-order valence-electron chi connectivity index (χ4n) is 2.99. The zero-order valence-electron chi connectivity index (χ0n) is 11.9. The predicted octanol–water partition coefficient (Wildman–Crippen LogP) is 4.24. The van der Waals surface area contributed by atoms with Crippen LogP contribution in [-0.4, -0.2) is 11.5 Å². The smallest absolute Gasteiger partial charge is 0.0726 e. The summed E-state index contributed by atoms with van der Waals surface area (Å²) in [4.78, 5) is 4.89. The lowest BCUT2D eigenvalue weighted by Gasteiger charge is -2.21. The lowest BCUT2D eigenvalue weighted by Crippen LogP contribution is -2.12. The van der Waals surface area contributed by atoms with Gasteiger partial charge in [0.25, 0.3) is 0 Å². The van der Waals surface area contributed by atoms with Gasteiger partial charge in [-0.2, -0.15) is 0 Å². The van der Waals surface area contributed by atoms with Crippen LogP contribution in [0.15, 0.2) is 18.2 Å². The van der Waals surface area contributed by atoms with Crippen LogP contribution in [0.4, 0.5) is 5.69 Å². The van der Waals surface area contributed by atoms with Crippen molar-refractivity contribution in [1.29, 1.82) is 0 Å². The van der Waals surface area contributed by atoms with Gasteiger partial charge in [-0.05, 0) is 56.7 Å². The zero-order valence-corrected chi connectivity index (χ0v) is 11.9. The van der Waals surface area contributed by atoms with E-state index in [0.717, 1.165) is 24.9 Å². The van der Waals surface area contributed by atoms with Crippen molar-refractivity contribution in [2.24, 2.45) is 0 Å². The molecule has 0 fully saturated rings. The van der Waals surface area contributed by atoms with E-state index in [1.165, 1.54) is 47.2 Å². The summed E-state index contributed by atoms with van der Waals surface area (Å²) in [6, 6.07) is 6.60. The van der Waals surface area contributed by atoms with Crippen LogP contribution in [0.1, 0.15) is 43.0 Å². The van der Waals surface area contributed by atoms with Crippen molar-refractivity contribution < 1.29 is 0 Å². The molecule has 1 aromatic carbocycles. The second-order valence-electron chi connectivity index (χ2n) is 5.57. The number of hydrogen-bond donors (Lipinski definition) is 1. The number of hydrogen-bond acceptors (Lipinski definition) is 2. The highest BCUT2D eigenvalue weighted by atomic mass is 14.9. The summed E-state index contributed by atoms with van der Waals surface area (Å²) in [5.41, 5.74) is 6.60. The number of fused-ring (bicyclic) bond motifs is 2. The van der Waals surface area contributed by atoms with E-state index in [1.807, 2.05) is 0 Å². The first-order valence-electron chi connectivity index (χ1n) is 7.45. The molecule has 0 amide bonds. The number of anilines is 1. The second-order valence-corrected chi connectivity index (χ2v) is 5.57. The molecule has 0 spiro atoms. The minimum Gasteiger partial charge on any atom is -0.384 e. The topological polar surface area (TPSA) is 24.9 Å². The van der Waals surface area contributed by atoms with Crippen molar-refractivity contribution in [2.75, 3.05) is 11.9 Å². The fraction of sp³-hybridized carbons (Fsp3) is 0.471. The maximum absolute atomic E-state index is 4.89. The van der Waals surface area contributed by atoms with E-state index >= 15 is 0 Å². The molecule has 2 aromatic rings. The van der Waals surface area contributed by atoms with Gasteiger partial charge in [-0.15, -0.1) is 0 Å². The van der Waals surface area contributed by atoms with Crippen LogP contribution in [0.5, 0.6) is 0 Å². The lowest BCUT2D eigenvalue weighted by molar-refractivity contribution is 0.672. The molecule has 0 bridgehead atoms. The summed E-state index contributed by atoms with van der Waals surface area (Å²) in [6.07, 6.45) is 6.06. The van der Waals surface area contributed by atoms with Gasteiger partial charge >= 0.3 is 0 Å². The molecular formula is C17H22N2. The standard InChI is InChI=1S/C17H22N2/c1-3-10-18-17-13-6-4-5-7-15(13)19-16-9-8-12(2)11-14(16)17/h8-9,11H,3-7,10H2,1-2H3,(H,18,19). The Morgan fingerprint density at radius 1 is 1.21 bits per heavy atom. The largest absolute Gasteiger partial charge is 0.384 e. The van der Waals surface area contributed by atoms with Gasteiger partial charge in [0.15, 0.2) is 0 Å². The van der Waals surface area contributed by atoms with Crippen LogP contribution in [0, 0.1) is 6.92 Å². The Bertz CT molecular complexity index is 602. The van der Waals surface area contributed by atoms with Gasteiger partial charge in [0.2, 0.25) is 0 Å². The summed E-state index contributed by atoms with van der Waals surface area (Å²) < 4.78 is 0. The minimum atomic E-state index is 1.04. The summed E-state index contributed by atoms with van der Waals surface area (Å²) in [6.45, 7) is 5.41. The van der Waals surface area contributed by atoms with Gasteiger partial charge < -0.3 is 5.32 Å². The Kier molecular flexibility index (Phi) is 3.41. The van der Waals surface area contributed by atoms with Gasteiger partial charge in [-0.1, -0.05) is 18.6 Å². The highest BCUT2D eigenvalue weighted by Gasteiger charge is 2.17. The number of aromatic nitrogens is 1. The Morgan fingerprint density at radius 2 is 2.05 bits per heavy atom. The molecule has 0 radical (unpaired) electrons. The molecule has 0 saturated carbocycles. The van der Waals surface area contributed by atoms with Gasteiger partial charge in [0, 0.05) is 23.3 Å². The average molecular weight is 254 g/mol. The van der Waals surface area contributed by atoms with Crippen LogP contribution in [-0.2, 0) is 12.8 Å². The van der Waals surface area contributed by atoms with E-state index in [-0.39, 0.29) is 0 Å². The van der Waals surface area contributed by atoms with Crippen molar-refractivity contribution in [3.63, 3.8) is 0 Å². The predicted molar refractivity (Wildman–Crippen MR) is 81.9 cm³/mol. The lowest BCUT2D eigenvalue weighted by atomic mass is 9.92. The monoisotopic (exact) mass is 254 g/mol. The van der Waals surface area contributed by atoms with Gasteiger partial charge in [0.1, 0.15) is 0 Å². The highest BCUT2D eigenvalue weighted by molar-refractivity contribution is 5.94. The molecule has 3 rings (SSSR count). The zero-order chi connectivity index (χ0) is 13.2. The van der Waals surface area contributed by atoms with Crippen LogP contribution in [0.25, 0.3) is 10.9 Å². The molecule has 1 aromatic heterocycles. The number of pyridine rings is 1. The molecular weight excluding hydrogens is 232 g/mol. The fourth-order valence-corrected chi connectivity index (χ4v) is 2.99. The summed E-state index contributed by atoms with van der Waals surface area (Å²) in [5.74, 6) is 0. The van der Waals surface area contributed by atoms with Crippen LogP contribution in [0.2, 0.25) is 0 Å². The van der Waals surface area contributed by atoms with Gasteiger partial charge in [0.05, 0.1) is 5.52 Å². The molecule has 100 valence electrons. The van der Waals surface area contributed by atoms with E-state index < -0.39 is 0 Å². The van der Waals surface area contributed by atoms with Crippen LogP contribution < -0.4 is 5.32 Å². The van der Waals surface area contributed by atoms with Gasteiger partial charge in [-0.3, -0.25) is 4.98 Å². The van der Waals surface area contributed by atoms with E-state index in [2.05, 4.69) is 37.4 Å². The first-order valence-corrected chi connectivity index (χ1v) is 7.45. The Morgan fingerprint density at radius 3 is 2.89 bits per heavy atom. The summed E-state index contributed by atoms with van der Waals surface area (Å²) in [5, 5.41) is 4.95. The molecule has 2 heteroatoms. The Balaban J connectivity index is 2.21. The summed E-state index contributed by atoms with van der Waals surface area (Å²) in [7, 11) is 0. The summed E-state index contributed by atoms with van der Waals surface area (Å²) >= 11 is 0. The normalized spacial score (nSPS) is 14.4. The van der Waals surface area contributed by atoms with Crippen LogP contribution >= 0.6 is 0 Å².